The maximum atomic E-state index is 11.2. The van der Waals surface area contributed by atoms with Gasteiger partial charge in [-0.3, -0.25) is 10.2 Å². The summed E-state index contributed by atoms with van der Waals surface area (Å²) in [5.74, 6) is 0. The molecule has 0 saturated heterocycles. The van der Waals surface area contributed by atoms with Crippen LogP contribution in [0, 0.1) is 0 Å². The van der Waals surface area contributed by atoms with E-state index in [2.05, 4.69) is 20.7 Å². The number of anilines is 1. The normalized spacial score (nSPS) is 11.8. The van der Waals surface area contributed by atoms with E-state index in [9.17, 15) is 4.79 Å². The fourth-order valence-electron chi connectivity index (χ4n) is 1.43. The van der Waals surface area contributed by atoms with Crippen molar-refractivity contribution in [2.75, 3.05) is 5.43 Å². The second-order valence-electron chi connectivity index (χ2n) is 4.04. The number of halogens is 1. The maximum absolute atomic E-state index is 11.2. The molecule has 102 valence electrons. The van der Waals surface area contributed by atoms with E-state index in [0.29, 0.717) is 5.69 Å². The van der Waals surface area contributed by atoms with Gasteiger partial charge in [0.15, 0.2) is 0 Å². The summed E-state index contributed by atoms with van der Waals surface area (Å²) in [5.41, 5.74) is 4.44. The van der Waals surface area contributed by atoms with Crippen molar-refractivity contribution in [2.24, 2.45) is 5.10 Å². The van der Waals surface area contributed by atoms with E-state index in [1.54, 1.807) is 0 Å². The number of nitrogens with zero attached hydrogens (tertiary/aromatic N) is 2. The van der Waals surface area contributed by atoms with E-state index in [-0.39, 0.29) is 5.02 Å². The van der Waals surface area contributed by atoms with E-state index >= 15 is 0 Å². The largest absolute Gasteiger partial charge is 0.285 e. The molecule has 1 aromatic heterocycles. The molecule has 0 bridgehead atoms. The Morgan fingerprint density at radius 2 is 2.15 bits per heavy atom. The molecule has 5 nitrogen and oxygen atoms in total. The van der Waals surface area contributed by atoms with Crippen LogP contribution in [0.3, 0.4) is 0 Å². The second-order valence-corrected chi connectivity index (χ2v) is 4.41. The minimum absolute atomic E-state index is 0.0311. The van der Waals surface area contributed by atoms with Gasteiger partial charge in [0.1, 0.15) is 10.7 Å². The van der Waals surface area contributed by atoms with Crippen LogP contribution in [0.15, 0.2) is 52.5 Å². The number of aromatic amines is 1. The van der Waals surface area contributed by atoms with Crippen molar-refractivity contribution in [2.45, 2.75) is 6.92 Å². The Morgan fingerprint density at radius 3 is 2.90 bits per heavy atom. The van der Waals surface area contributed by atoms with Crippen LogP contribution in [0.1, 0.15) is 12.5 Å². The van der Waals surface area contributed by atoms with Gasteiger partial charge in [-0.15, -0.1) is 0 Å². The van der Waals surface area contributed by atoms with Crippen molar-refractivity contribution in [3.05, 3.63) is 63.5 Å². The van der Waals surface area contributed by atoms with Gasteiger partial charge < -0.3 is 0 Å². The highest BCUT2D eigenvalue weighted by Crippen LogP contribution is 2.14. The molecule has 2 aromatic rings. The first-order chi connectivity index (χ1) is 9.66. The highest BCUT2D eigenvalue weighted by atomic mass is 35.5. The van der Waals surface area contributed by atoms with Crippen molar-refractivity contribution in [3.63, 3.8) is 0 Å². The number of H-pyrrole nitrogens is 1. The first-order valence-corrected chi connectivity index (χ1v) is 6.31. The van der Waals surface area contributed by atoms with Gasteiger partial charge >= 0.3 is 0 Å². The molecule has 0 atom stereocenters. The lowest BCUT2D eigenvalue weighted by Gasteiger charge is -2.01. The zero-order chi connectivity index (χ0) is 14.4. The van der Waals surface area contributed by atoms with Crippen LogP contribution < -0.4 is 11.0 Å². The molecule has 1 heterocycles. The van der Waals surface area contributed by atoms with Gasteiger partial charge in [0.05, 0.1) is 11.9 Å². The molecular weight excluding hydrogens is 276 g/mol. The monoisotopic (exact) mass is 288 g/mol. The van der Waals surface area contributed by atoms with E-state index < -0.39 is 5.56 Å². The summed E-state index contributed by atoms with van der Waals surface area (Å²) >= 11 is 5.82. The number of rotatable bonds is 4. The minimum atomic E-state index is -0.454. The number of aromatic nitrogens is 2. The van der Waals surface area contributed by atoms with E-state index in [4.69, 9.17) is 11.6 Å². The van der Waals surface area contributed by atoms with Gasteiger partial charge in [0.25, 0.3) is 5.56 Å². The Bertz CT molecular complexity index is 692. The van der Waals surface area contributed by atoms with Crippen LogP contribution in [-0.4, -0.2) is 15.9 Å². The predicted molar refractivity (Wildman–Crippen MR) is 82.1 cm³/mol. The number of hydrogen-bond donors (Lipinski definition) is 2. The van der Waals surface area contributed by atoms with Crippen molar-refractivity contribution in [3.8, 4) is 0 Å². The molecule has 20 heavy (non-hydrogen) atoms. The topological polar surface area (TPSA) is 70.1 Å². The summed E-state index contributed by atoms with van der Waals surface area (Å²) < 4.78 is 0. The van der Waals surface area contributed by atoms with Gasteiger partial charge in [-0.25, -0.2) is 5.10 Å². The fraction of sp³-hybridized carbons (Fsp3) is 0.0714. The summed E-state index contributed by atoms with van der Waals surface area (Å²) in [7, 11) is 0. The Balaban J connectivity index is 2.06. The highest BCUT2D eigenvalue weighted by molar-refractivity contribution is 6.32. The summed E-state index contributed by atoms with van der Waals surface area (Å²) in [6.45, 7) is 1.83. The number of allylic oxidation sites excluding steroid dienone is 1. The van der Waals surface area contributed by atoms with Gasteiger partial charge in [-0.2, -0.15) is 10.2 Å². The van der Waals surface area contributed by atoms with Crippen molar-refractivity contribution in [1.82, 2.24) is 10.2 Å². The van der Waals surface area contributed by atoms with E-state index in [1.165, 1.54) is 6.20 Å². The number of hydrogen-bond acceptors (Lipinski definition) is 4. The van der Waals surface area contributed by atoms with Crippen LogP contribution in [0.25, 0.3) is 6.08 Å². The Kier molecular flexibility index (Phi) is 4.68. The molecule has 0 saturated carbocycles. The Morgan fingerprint density at radius 1 is 1.40 bits per heavy atom. The third-order valence-electron chi connectivity index (χ3n) is 2.46. The predicted octanol–water partition coefficient (Wildman–Crippen LogP) is 2.92. The highest BCUT2D eigenvalue weighted by Gasteiger charge is 2.02. The summed E-state index contributed by atoms with van der Waals surface area (Å²) in [5, 5.41) is 10.0. The van der Waals surface area contributed by atoms with Gasteiger partial charge in [-0.05, 0) is 18.6 Å². The molecule has 0 amide bonds. The Labute approximate surface area is 121 Å². The summed E-state index contributed by atoms with van der Waals surface area (Å²) in [4.78, 5) is 11.2. The smallest absolute Gasteiger partial charge is 0.275 e. The standard InChI is InChI=1S/C14H13ClN4O/c1-10(7-8-11-5-3-2-4-6-11)17-18-12-9-16-19-14(20)13(12)15/h2-9H,1H3,(H2,18,19,20). The zero-order valence-electron chi connectivity index (χ0n) is 10.8. The quantitative estimate of drug-likeness (QED) is 0.671. The first kappa shape index (κ1) is 14.0. The second kappa shape index (κ2) is 6.68. The molecule has 0 aliphatic rings. The first-order valence-electron chi connectivity index (χ1n) is 5.93. The van der Waals surface area contributed by atoms with Crippen LogP contribution in [-0.2, 0) is 0 Å². The van der Waals surface area contributed by atoms with Gasteiger partial charge in [-0.1, -0.05) is 48.0 Å². The van der Waals surface area contributed by atoms with Crippen LogP contribution in [0.4, 0.5) is 5.69 Å². The summed E-state index contributed by atoms with van der Waals surface area (Å²) in [6.07, 6.45) is 5.20. The zero-order valence-corrected chi connectivity index (χ0v) is 11.6. The van der Waals surface area contributed by atoms with Crippen molar-refractivity contribution < 1.29 is 0 Å². The molecule has 1 aromatic carbocycles. The lowest BCUT2D eigenvalue weighted by Crippen LogP contribution is -2.10. The van der Waals surface area contributed by atoms with Crippen molar-refractivity contribution in [1.29, 1.82) is 0 Å². The Hall–Kier alpha value is -2.40. The van der Waals surface area contributed by atoms with Crippen LogP contribution in [0.5, 0.6) is 0 Å². The molecule has 6 heteroatoms. The minimum Gasteiger partial charge on any atom is -0.275 e. The number of benzene rings is 1. The van der Waals surface area contributed by atoms with Gasteiger partial charge in [0, 0.05) is 0 Å². The van der Waals surface area contributed by atoms with Crippen LogP contribution in [0.2, 0.25) is 5.02 Å². The number of hydrazone groups is 1. The molecule has 0 aliphatic heterocycles. The van der Waals surface area contributed by atoms with Crippen LogP contribution >= 0.6 is 11.6 Å². The molecular formula is C14H13ClN4O. The molecule has 0 radical (unpaired) electrons. The average molecular weight is 289 g/mol. The molecule has 0 spiro atoms. The average Bonchev–Trinajstić information content (AvgIpc) is 2.48. The number of nitrogens with one attached hydrogen (secondary N) is 2. The fourth-order valence-corrected chi connectivity index (χ4v) is 1.56. The van der Waals surface area contributed by atoms with E-state index in [0.717, 1.165) is 11.3 Å². The lowest BCUT2D eigenvalue weighted by atomic mass is 10.2. The SMILES string of the molecule is CC(C=Cc1ccccc1)=NNc1cn[nH]c(=O)c1Cl. The third kappa shape index (κ3) is 3.80. The summed E-state index contributed by atoms with van der Waals surface area (Å²) in [6, 6.07) is 9.88. The molecule has 0 aliphatic carbocycles. The molecule has 0 unspecified atom stereocenters. The van der Waals surface area contributed by atoms with E-state index in [1.807, 2.05) is 49.4 Å². The van der Waals surface area contributed by atoms with Crippen molar-refractivity contribution >= 4 is 29.1 Å². The molecule has 0 fully saturated rings. The van der Waals surface area contributed by atoms with Gasteiger partial charge in [0.2, 0.25) is 0 Å². The lowest BCUT2D eigenvalue weighted by molar-refractivity contribution is 0.987. The molecule has 2 N–H and O–H groups in total. The molecule has 2 rings (SSSR count). The third-order valence-corrected chi connectivity index (χ3v) is 2.84. The maximum Gasteiger partial charge on any atom is 0.285 e.